The van der Waals surface area contributed by atoms with E-state index in [1.54, 1.807) is 4.90 Å². The number of hydrogen-bond donors (Lipinski definition) is 2. The lowest BCUT2D eigenvalue weighted by Gasteiger charge is -2.34. The molecule has 0 aromatic rings. The molecule has 98 valence electrons. The predicted octanol–water partition coefficient (Wildman–Crippen LogP) is 0.0837. The highest BCUT2D eigenvalue weighted by Gasteiger charge is 2.30. The summed E-state index contributed by atoms with van der Waals surface area (Å²) in [6.07, 6.45) is 2.48. The van der Waals surface area contributed by atoms with Gasteiger partial charge in [-0.1, -0.05) is 20.3 Å². The average molecular weight is 241 g/mol. The van der Waals surface area contributed by atoms with Crippen LogP contribution in [0.3, 0.4) is 0 Å². The van der Waals surface area contributed by atoms with Crippen molar-refractivity contribution in [1.29, 1.82) is 0 Å². The normalized spacial score (nSPS) is 24.2. The van der Waals surface area contributed by atoms with Crippen LogP contribution in [0.25, 0.3) is 0 Å². The second-order valence-electron chi connectivity index (χ2n) is 4.94. The van der Waals surface area contributed by atoms with Gasteiger partial charge in [-0.05, 0) is 18.8 Å². The quantitative estimate of drug-likeness (QED) is 0.730. The van der Waals surface area contributed by atoms with E-state index in [4.69, 9.17) is 11.5 Å². The summed E-state index contributed by atoms with van der Waals surface area (Å²) < 4.78 is 0. The van der Waals surface area contributed by atoms with Crippen LogP contribution >= 0.6 is 0 Å². The minimum Gasteiger partial charge on any atom is -0.369 e. The maximum Gasteiger partial charge on any atom is 0.239 e. The average Bonchev–Trinajstić information content (AvgIpc) is 2.36. The first-order valence-corrected chi connectivity index (χ1v) is 6.31. The Morgan fingerprint density at radius 2 is 2.12 bits per heavy atom. The number of primary amides is 1. The fraction of sp³-hybridized carbons (Fsp3) is 0.833. The molecule has 0 spiro atoms. The Morgan fingerprint density at radius 1 is 1.47 bits per heavy atom. The Balaban J connectivity index is 2.60. The smallest absolute Gasteiger partial charge is 0.239 e. The Kier molecular flexibility index (Phi) is 4.93. The van der Waals surface area contributed by atoms with E-state index in [0.29, 0.717) is 13.1 Å². The van der Waals surface area contributed by atoms with Crippen molar-refractivity contribution in [2.75, 3.05) is 13.1 Å². The van der Waals surface area contributed by atoms with Gasteiger partial charge in [-0.25, -0.2) is 0 Å². The zero-order valence-corrected chi connectivity index (χ0v) is 10.7. The molecule has 4 N–H and O–H groups in total. The van der Waals surface area contributed by atoms with Crippen LogP contribution < -0.4 is 11.5 Å². The number of hydrogen-bond acceptors (Lipinski definition) is 3. The maximum absolute atomic E-state index is 12.1. The van der Waals surface area contributed by atoms with Crippen LogP contribution in [0.5, 0.6) is 0 Å². The first-order chi connectivity index (χ1) is 7.97. The highest BCUT2D eigenvalue weighted by molar-refractivity contribution is 5.83. The van der Waals surface area contributed by atoms with E-state index < -0.39 is 6.04 Å². The molecule has 5 heteroatoms. The third-order valence-electron chi connectivity index (χ3n) is 3.68. The van der Waals surface area contributed by atoms with Crippen molar-refractivity contribution in [3.63, 3.8) is 0 Å². The van der Waals surface area contributed by atoms with Crippen molar-refractivity contribution >= 4 is 11.8 Å². The molecule has 1 heterocycles. The minimum atomic E-state index is -0.466. The van der Waals surface area contributed by atoms with Gasteiger partial charge in [0.15, 0.2) is 0 Å². The summed E-state index contributed by atoms with van der Waals surface area (Å²) in [7, 11) is 0. The highest BCUT2D eigenvalue weighted by atomic mass is 16.2. The molecule has 5 nitrogen and oxygen atoms in total. The van der Waals surface area contributed by atoms with E-state index in [1.807, 2.05) is 13.8 Å². The molecular weight excluding hydrogens is 218 g/mol. The van der Waals surface area contributed by atoms with Crippen LogP contribution in [0.4, 0.5) is 0 Å². The molecule has 0 saturated carbocycles. The molecule has 0 bridgehead atoms. The van der Waals surface area contributed by atoms with Crippen molar-refractivity contribution in [2.45, 2.75) is 39.2 Å². The minimum absolute atomic E-state index is 0.0506. The number of carbonyl (C=O) groups excluding carboxylic acids is 2. The lowest BCUT2D eigenvalue weighted by Crippen LogP contribution is -2.51. The van der Waals surface area contributed by atoms with Gasteiger partial charge in [0.2, 0.25) is 11.8 Å². The summed E-state index contributed by atoms with van der Waals surface area (Å²) in [6, 6.07) is -0.466. The molecule has 0 radical (unpaired) electrons. The van der Waals surface area contributed by atoms with Gasteiger partial charge < -0.3 is 16.4 Å². The molecule has 3 atom stereocenters. The lowest BCUT2D eigenvalue weighted by molar-refractivity contribution is -0.137. The molecule has 0 aliphatic carbocycles. The molecule has 2 amide bonds. The van der Waals surface area contributed by atoms with Gasteiger partial charge >= 0.3 is 0 Å². The number of rotatable bonds is 4. The number of likely N-dealkylation sites (tertiary alicyclic amines) is 1. The van der Waals surface area contributed by atoms with Crippen molar-refractivity contribution < 1.29 is 9.59 Å². The summed E-state index contributed by atoms with van der Waals surface area (Å²) in [6.45, 7) is 5.10. The lowest BCUT2D eigenvalue weighted by atomic mass is 9.94. The highest BCUT2D eigenvalue weighted by Crippen LogP contribution is 2.18. The monoisotopic (exact) mass is 241 g/mol. The largest absolute Gasteiger partial charge is 0.369 e. The van der Waals surface area contributed by atoms with Gasteiger partial charge in [0.05, 0.1) is 12.0 Å². The Labute approximate surface area is 103 Å². The molecule has 1 aliphatic rings. The van der Waals surface area contributed by atoms with Gasteiger partial charge in [0, 0.05) is 13.1 Å². The van der Waals surface area contributed by atoms with E-state index in [1.165, 1.54) is 0 Å². The molecule has 1 aliphatic heterocycles. The number of nitrogens with two attached hydrogens (primary N) is 2. The van der Waals surface area contributed by atoms with Gasteiger partial charge in [-0.15, -0.1) is 0 Å². The van der Waals surface area contributed by atoms with Crippen molar-refractivity contribution in [1.82, 2.24) is 4.90 Å². The molecule has 17 heavy (non-hydrogen) atoms. The zero-order chi connectivity index (χ0) is 13.0. The molecule has 1 saturated heterocycles. The van der Waals surface area contributed by atoms with Crippen LogP contribution in [0, 0.1) is 11.8 Å². The summed E-state index contributed by atoms with van der Waals surface area (Å²) >= 11 is 0. The molecule has 1 unspecified atom stereocenters. The van der Waals surface area contributed by atoms with Crippen molar-refractivity contribution in [3.05, 3.63) is 0 Å². The Bertz CT molecular complexity index is 293. The number of nitrogens with zero attached hydrogens (tertiary/aromatic N) is 1. The molecular formula is C12H23N3O2. The van der Waals surface area contributed by atoms with Crippen LogP contribution in [-0.2, 0) is 9.59 Å². The van der Waals surface area contributed by atoms with Crippen LogP contribution in [0.15, 0.2) is 0 Å². The summed E-state index contributed by atoms with van der Waals surface area (Å²) in [5.74, 6) is -0.418. The summed E-state index contributed by atoms with van der Waals surface area (Å²) in [4.78, 5) is 24.9. The van der Waals surface area contributed by atoms with Crippen LogP contribution in [-0.4, -0.2) is 35.8 Å². The zero-order valence-electron chi connectivity index (χ0n) is 10.7. The Morgan fingerprint density at radius 3 is 2.65 bits per heavy atom. The fourth-order valence-electron chi connectivity index (χ4n) is 2.12. The second-order valence-corrected chi connectivity index (χ2v) is 4.94. The second kappa shape index (κ2) is 6.00. The number of amides is 2. The van der Waals surface area contributed by atoms with Crippen molar-refractivity contribution in [2.24, 2.45) is 23.3 Å². The van der Waals surface area contributed by atoms with E-state index in [9.17, 15) is 9.59 Å². The Hall–Kier alpha value is -1.10. The van der Waals surface area contributed by atoms with Gasteiger partial charge in [-0.3, -0.25) is 9.59 Å². The topological polar surface area (TPSA) is 89.4 Å². The van der Waals surface area contributed by atoms with Gasteiger partial charge in [0.1, 0.15) is 0 Å². The number of piperidine rings is 1. The predicted molar refractivity (Wildman–Crippen MR) is 65.9 cm³/mol. The fourth-order valence-corrected chi connectivity index (χ4v) is 2.12. The van der Waals surface area contributed by atoms with Gasteiger partial charge in [0.25, 0.3) is 0 Å². The third kappa shape index (κ3) is 3.43. The van der Waals surface area contributed by atoms with Crippen molar-refractivity contribution in [3.8, 4) is 0 Å². The standard InChI is InChI=1S/C12H23N3O2/c1-3-8(2)10(13)12(17)15-6-4-5-9(7-15)11(14)16/h8-10H,3-7,13H2,1-2H3,(H2,14,16)/t8-,9?,10-/m0/s1. The molecule has 0 aromatic carbocycles. The van der Waals surface area contributed by atoms with E-state index in [-0.39, 0.29) is 23.7 Å². The van der Waals surface area contributed by atoms with E-state index in [2.05, 4.69) is 0 Å². The molecule has 1 rings (SSSR count). The third-order valence-corrected chi connectivity index (χ3v) is 3.68. The summed E-state index contributed by atoms with van der Waals surface area (Å²) in [5.41, 5.74) is 11.2. The van der Waals surface area contributed by atoms with Crippen LogP contribution in [0.2, 0.25) is 0 Å². The van der Waals surface area contributed by atoms with Gasteiger partial charge in [-0.2, -0.15) is 0 Å². The number of carbonyl (C=O) groups is 2. The SMILES string of the molecule is CC[C@H](C)[C@H](N)C(=O)N1CCCC(C(N)=O)C1. The molecule has 0 aromatic heterocycles. The summed E-state index contributed by atoms with van der Waals surface area (Å²) in [5, 5.41) is 0. The molecule has 1 fully saturated rings. The first-order valence-electron chi connectivity index (χ1n) is 6.31. The maximum atomic E-state index is 12.1. The van der Waals surface area contributed by atoms with E-state index >= 15 is 0 Å². The van der Waals surface area contributed by atoms with Crippen LogP contribution in [0.1, 0.15) is 33.1 Å². The van der Waals surface area contributed by atoms with E-state index in [0.717, 1.165) is 19.3 Å². The first kappa shape index (κ1) is 14.0.